The predicted molar refractivity (Wildman–Crippen MR) is 144 cm³/mol. The second-order valence-electron chi connectivity index (χ2n) is 15.6. The van der Waals surface area contributed by atoms with Gasteiger partial charge in [0.25, 0.3) is 0 Å². The first-order chi connectivity index (χ1) is 16.9. The summed E-state index contributed by atoms with van der Waals surface area (Å²) in [4.78, 5) is 38.8. The van der Waals surface area contributed by atoms with Crippen LogP contribution in [0.25, 0.3) is 0 Å². The Balaban J connectivity index is 1.58. The van der Waals surface area contributed by atoms with Crippen LogP contribution in [0.1, 0.15) is 113 Å². The summed E-state index contributed by atoms with van der Waals surface area (Å²) in [7, 11) is 0. The summed E-state index contributed by atoms with van der Waals surface area (Å²) in [6, 6.07) is 0. The third kappa shape index (κ3) is 3.43. The maximum atomic E-state index is 14.4. The maximum absolute atomic E-state index is 14.4. The van der Waals surface area contributed by atoms with Crippen LogP contribution in [0.2, 0.25) is 0 Å². The van der Waals surface area contributed by atoms with E-state index in [0.29, 0.717) is 11.7 Å². The molecule has 206 valence electrons. The number of amides is 1. The fourth-order valence-corrected chi connectivity index (χ4v) is 10.8. The molecule has 0 spiro atoms. The minimum absolute atomic E-state index is 0.0412. The van der Waals surface area contributed by atoms with Gasteiger partial charge in [0.2, 0.25) is 5.91 Å². The maximum Gasteiger partial charge on any atom is 0.302 e. The van der Waals surface area contributed by atoms with E-state index in [9.17, 15) is 14.4 Å². The molecule has 5 rings (SSSR count). The minimum atomic E-state index is -0.507. The van der Waals surface area contributed by atoms with E-state index in [2.05, 4.69) is 47.6 Å². The molecular formula is C32H49NO4. The van der Waals surface area contributed by atoms with Gasteiger partial charge in [-0.2, -0.15) is 0 Å². The Morgan fingerprint density at radius 1 is 0.919 bits per heavy atom. The van der Waals surface area contributed by atoms with E-state index in [4.69, 9.17) is 10.5 Å². The molecule has 5 aliphatic carbocycles. The van der Waals surface area contributed by atoms with Crippen LogP contribution in [0, 0.1) is 50.2 Å². The Morgan fingerprint density at radius 2 is 1.57 bits per heavy atom. The van der Waals surface area contributed by atoms with Crippen molar-refractivity contribution in [3.05, 3.63) is 11.6 Å². The van der Waals surface area contributed by atoms with Gasteiger partial charge in [0, 0.05) is 23.7 Å². The molecule has 5 nitrogen and oxygen atoms in total. The lowest BCUT2D eigenvalue weighted by atomic mass is 9.33. The molecule has 0 saturated heterocycles. The molecule has 4 saturated carbocycles. The van der Waals surface area contributed by atoms with Crippen LogP contribution < -0.4 is 5.73 Å². The molecule has 5 aliphatic rings. The summed E-state index contributed by atoms with van der Waals surface area (Å²) in [6.45, 7) is 17.6. The van der Waals surface area contributed by atoms with Crippen LogP contribution in [0.4, 0.5) is 0 Å². The third-order valence-corrected chi connectivity index (χ3v) is 13.4. The smallest absolute Gasteiger partial charge is 0.302 e. The highest BCUT2D eigenvalue weighted by molar-refractivity contribution is 5.95. The molecule has 1 amide bonds. The molecule has 0 aromatic heterocycles. The number of fused-ring (bicyclic) bond motifs is 7. The van der Waals surface area contributed by atoms with Crippen LogP contribution >= 0.6 is 0 Å². The summed E-state index contributed by atoms with van der Waals surface area (Å²) in [6.07, 6.45) is 10.5. The lowest BCUT2D eigenvalue weighted by Crippen LogP contribution is -2.66. The van der Waals surface area contributed by atoms with Crippen molar-refractivity contribution in [2.75, 3.05) is 0 Å². The van der Waals surface area contributed by atoms with Crippen molar-refractivity contribution in [2.45, 2.75) is 119 Å². The molecule has 0 aliphatic heterocycles. The monoisotopic (exact) mass is 511 g/mol. The van der Waals surface area contributed by atoms with Gasteiger partial charge in [-0.3, -0.25) is 14.4 Å². The molecular weight excluding hydrogens is 462 g/mol. The van der Waals surface area contributed by atoms with Crippen LogP contribution in [0.3, 0.4) is 0 Å². The number of nitrogens with two attached hydrogens (primary N) is 1. The summed E-state index contributed by atoms with van der Waals surface area (Å²) >= 11 is 0. The predicted octanol–water partition coefficient (Wildman–Crippen LogP) is 6.38. The number of hydrogen-bond acceptors (Lipinski definition) is 4. The fourth-order valence-electron chi connectivity index (χ4n) is 10.8. The first-order valence-corrected chi connectivity index (χ1v) is 14.7. The Hall–Kier alpha value is -1.65. The largest absolute Gasteiger partial charge is 0.462 e. The van der Waals surface area contributed by atoms with Gasteiger partial charge in [-0.05, 0) is 97.4 Å². The van der Waals surface area contributed by atoms with E-state index in [-0.39, 0.29) is 56.9 Å². The van der Waals surface area contributed by atoms with Gasteiger partial charge < -0.3 is 10.5 Å². The molecule has 4 fully saturated rings. The molecule has 0 aromatic rings. The first-order valence-electron chi connectivity index (χ1n) is 14.7. The van der Waals surface area contributed by atoms with Crippen molar-refractivity contribution < 1.29 is 19.1 Å². The van der Waals surface area contributed by atoms with Gasteiger partial charge in [-0.15, -0.1) is 0 Å². The van der Waals surface area contributed by atoms with E-state index in [0.717, 1.165) is 57.8 Å². The van der Waals surface area contributed by atoms with Crippen molar-refractivity contribution >= 4 is 17.7 Å². The lowest BCUT2D eigenvalue weighted by Gasteiger charge is -2.70. The lowest BCUT2D eigenvalue weighted by molar-refractivity contribution is -0.210. The van der Waals surface area contributed by atoms with E-state index in [1.54, 1.807) is 0 Å². The van der Waals surface area contributed by atoms with Crippen LogP contribution in [0.5, 0.6) is 0 Å². The van der Waals surface area contributed by atoms with Gasteiger partial charge in [-0.25, -0.2) is 0 Å². The van der Waals surface area contributed by atoms with Gasteiger partial charge in [-0.1, -0.05) is 54.0 Å². The topological polar surface area (TPSA) is 86.5 Å². The SMILES string of the molecule is CC(=O)O[C@H]1CC[C@@]2(C)C(CC[C@]3(C)[C@@H]2C(=O)C=C2[C@@H]4C[C@@](C)(C(N)=O)CC[C@]4(C)CC[C@]23C)C1(C)C. The highest BCUT2D eigenvalue weighted by Crippen LogP contribution is 2.75. The van der Waals surface area contributed by atoms with E-state index >= 15 is 0 Å². The molecule has 0 bridgehead atoms. The quantitative estimate of drug-likeness (QED) is 0.436. The number of primary amides is 1. The number of ketones is 1. The third-order valence-electron chi connectivity index (χ3n) is 13.4. The van der Waals surface area contributed by atoms with Gasteiger partial charge in [0.05, 0.1) is 0 Å². The highest BCUT2D eigenvalue weighted by Gasteiger charge is 2.70. The fraction of sp³-hybridized carbons (Fsp3) is 0.844. The van der Waals surface area contributed by atoms with Crippen molar-refractivity contribution in [2.24, 2.45) is 56.0 Å². The zero-order valence-corrected chi connectivity index (χ0v) is 24.5. The second kappa shape index (κ2) is 7.94. The van der Waals surface area contributed by atoms with E-state index in [1.165, 1.54) is 12.5 Å². The highest BCUT2D eigenvalue weighted by atomic mass is 16.5. The zero-order chi connectivity index (χ0) is 27.4. The molecule has 5 heteroatoms. The average molecular weight is 512 g/mol. The molecule has 9 atom stereocenters. The summed E-state index contributed by atoms with van der Waals surface area (Å²) in [5.41, 5.74) is 6.33. The van der Waals surface area contributed by atoms with Gasteiger partial charge in [0.15, 0.2) is 5.78 Å². The van der Waals surface area contributed by atoms with Crippen LogP contribution in [-0.2, 0) is 19.1 Å². The number of hydrogen-bond donors (Lipinski definition) is 1. The van der Waals surface area contributed by atoms with E-state index < -0.39 is 5.41 Å². The Morgan fingerprint density at radius 3 is 2.19 bits per heavy atom. The number of carbonyl (C=O) groups is 3. The number of allylic oxidation sites excluding steroid dienone is 2. The van der Waals surface area contributed by atoms with Crippen molar-refractivity contribution in [3.8, 4) is 0 Å². The van der Waals surface area contributed by atoms with Crippen LogP contribution in [0.15, 0.2) is 11.6 Å². The first kappa shape index (κ1) is 26.9. The van der Waals surface area contributed by atoms with E-state index in [1.807, 2.05) is 6.92 Å². The Labute approximate surface area is 223 Å². The standard InChI is InChI=1S/C32H49NO4/c1-19(34)37-24-10-11-30(6)23(27(24,2)3)9-12-32(8)25(30)22(35)17-20-21-18-29(5,26(33)36)14-13-28(21,4)15-16-31(20,32)7/h17,21,23-25H,9-16,18H2,1-8H3,(H2,33,36)/t21-,23?,24-,25+,28+,29-,30-,31+,32+/m0/s1. The summed E-state index contributed by atoms with van der Waals surface area (Å²) < 4.78 is 5.83. The Bertz CT molecular complexity index is 1080. The summed E-state index contributed by atoms with van der Waals surface area (Å²) in [5, 5.41) is 0. The number of carbonyl (C=O) groups excluding carboxylic acids is 3. The molecule has 0 aromatic carbocycles. The normalized spacial score (nSPS) is 50.5. The molecule has 0 radical (unpaired) electrons. The van der Waals surface area contributed by atoms with Crippen LogP contribution in [-0.4, -0.2) is 23.8 Å². The molecule has 1 unspecified atom stereocenters. The average Bonchev–Trinajstić information content (AvgIpc) is 2.78. The molecule has 0 heterocycles. The van der Waals surface area contributed by atoms with Crippen molar-refractivity contribution in [3.63, 3.8) is 0 Å². The minimum Gasteiger partial charge on any atom is -0.462 e. The number of rotatable bonds is 2. The number of ether oxygens (including phenoxy) is 1. The Kier molecular flexibility index (Phi) is 5.78. The summed E-state index contributed by atoms with van der Waals surface area (Å²) in [5.74, 6) is 0.381. The van der Waals surface area contributed by atoms with Gasteiger partial charge >= 0.3 is 5.97 Å². The van der Waals surface area contributed by atoms with Crippen molar-refractivity contribution in [1.82, 2.24) is 0 Å². The van der Waals surface area contributed by atoms with Crippen molar-refractivity contribution in [1.29, 1.82) is 0 Å². The number of esters is 1. The van der Waals surface area contributed by atoms with Gasteiger partial charge in [0.1, 0.15) is 6.10 Å². The molecule has 2 N–H and O–H groups in total. The molecule has 37 heavy (non-hydrogen) atoms. The zero-order valence-electron chi connectivity index (χ0n) is 24.5. The second-order valence-corrected chi connectivity index (χ2v) is 15.6.